The second kappa shape index (κ2) is 11.1. The Morgan fingerprint density at radius 3 is 2.50 bits per heavy atom. The van der Waals surface area contributed by atoms with Crippen LogP contribution >= 0.6 is 23.2 Å². The maximum atomic E-state index is 12.8. The number of anilines is 3. The first kappa shape index (κ1) is 28.0. The fourth-order valence-corrected chi connectivity index (χ4v) is 6.24. The summed E-state index contributed by atoms with van der Waals surface area (Å²) in [5.74, 6) is 0.756. The number of methoxy groups -OCH3 is 1. The van der Waals surface area contributed by atoms with E-state index in [-0.39, 0.29) is 22.6 Å². The van der Waals surface area contributed by atoms with Gasteiger partial charge in [0, 0.05) is 56.3 Å². The summed E-state index contributed by atoms with van der Waals surface area (Å²) in [7, 11) is -2.00. The van der Waals surface area contributed by atoms with Gasteiger partial charge in [0.2, 0.25) is 21.9 Å². The third-order valence-corrected chi connectivity index (χ3v) is 9.13. The number of fused-ring (bicyclic) bond motifs is 1. The molecular formula is C27H28Cl2N6O4S. The van der Waals surface area contributed by atoms with Crippen LogP contribution in [-0.4, -0.2) is 72.2 Å². The van der Waals surface area contributed by atoms with E-state index in [1.54, 1.807) is 45.4 Å². The van der Waals surface area contributed by atoms with Crippen LogP contribution in [0.25, 0.3) is 22.2 Å². The van der Waals surface area contributed by atoms with Gasteiger partial charge in [0.15, 0.2) is 0 Å². The quantitative estimate of drug-likeness (QED) is 0.314. The number of amides is 1. The molecule has 2 aromatic heterocycles. The molecule has 13 heteroatoms. The van der Waals surface area contributed by atoms with Crippen molar-refractivity contribution in [2.75, 3.05) is 49.3 Å². The second-order valence-electron chi connectivity index (χ2n) is 9.27. The molecule has 10 nitrogen and oxygen atoms in total. The molecule has 0 radical (unpaired) electrons. The van der Waals surface area contributed by atoms with Crippen molar-refractivity contribution in [3.63, 3.8) is 0 Å². The molecule has 0 spiro atoms. The highest BCUT2D eigenvalue weighted by atomic mass is 35.5. The standard InChI is InChI=1S/C27H28Cl2N6O4S/c1-4-40(37,38)35-16-19(18-7-5-6-8-23(18)35)26-21(29)15-30-27(32-26)31-22-13-20(28)24(14-25(22)39-3)34-11-9-33(10-12-34)17(2)36/h5-8,13-16H,4,9-12H2,1-3H3,(H,30,31,32). The van der Waals surface area contributed by atoms with Gasteiger partial charge < -0.3 is 19.9 Å². The zero-order valence-corrected chi connectivity index (χ0v) is 24.5. The Morgan fingerprint density at radius 1 is 1.10 bits per heavy atom. The van der Waals surface area contributed by atoms with Crippen LogP contribution in [0.4, 0.5) is 17.3 Å². The summed E-state index contributed by atoms with van der Waals surface area (Å²) in [6.07, 6.45) is 3.00. The second-order valence-corrected chi connectivity index (χ2v) is 12.2. The molecule has 0 unspecified atom stereocenters. The fraction of sp³-hybridized carbons (Fsp3) is 0.296. The summed E-state index contributed by atoms with van der Waals surface area (Å²) in [5.41, 5.74) is 2.83. The fourth-order valence-electron chi connectivity index (χ4n) is 4.76. The molecule has 0 atom stereocenters. The number of carbonyl (C=O) groups excluding carboxylic acids is 1. The summed E-state index contributed by atoms with van der Waals surface area (Å²) in [4.78, 5) is 24.6. The predicted molar refractivity (Wildman–Crippen MR) is 159 cm³/mol. The number of para-hydroxylation sites is 1. The first-order chi connectivity index (χ1) is 19.1. The molecule has 0 bridgehead atoms. The number of carbonyl (C=O) groups is 1. The van der Waals surface area contributed by atoms with Gasteiger partial charge in [-0.3, -0.25) is 4.79 Å². The molecular weight excluding hydrogens is 575 g/mol. The van der Waals surface area contributed by atoms with Gasteiger partial charge in [0.1, 0.15) is 5.75 Å². The SMILES string of the molecule is CCS(=O)(=O)n1cc(-c2nc(Nc3cc(Cl)c(N4CCN(C(C)=O)CC4)cc3OC)ncc2Cl)c2ccccc21. The molecule has 5 rings (SSSR count). The Kier molecular flexibility index (Phi) is 7.80. The number of rotatable bonds is 7. The summed E-state index contributed by atoms with van der Waals surface area (Å²) in [5, 5.41) is 4.63. The van der Waals surface area contributed by atoms with Gasteiger partial charge in [-0.2, -0.15) is 0 Å². The zero-order valence-electron chi connectivity index (χ0n) is 22.2. The average Bonchev–Trinajstić information content (AvgIpc) is 3.35. The lowest BCUT2D eigenvalue weighted by atomic mass is 10.1. The number of nitrogens with one attached hydrogen (secondary N) is 1. The van der Waals surface area contributed by atoms with E-state index in [4.69, 9.17) is 27.9 Å². The summed E-state index contributed by atoms with van der Waals surface area (Å²) >= 11 is 13.2. The molecule has 40 heavy (non-hydrogen) atoms. The molecule has 1 amide bonds. The number of nitrogens with zero attached hydrogens (tertiary/aromatic N) is 5. The molecule has 1 N–H and O–H groups in total. The highest BCUT2D eigenvalue weighted by molar-refractivity contribution is 7.90. The third kappa shape index (κ3) is 5.28. The molecule has 0 aliphatic carbocycles. The van der Waals surface area contributed by atoms with Crippen molar-refractivity contribution in [2.24, 2.45) is 0 Å². The highest BCUT2D eigenvalue weighted by Gasteiger charge is 2.23. The Balaban J connectivity index is 1.49. The number of piperazine rings is 1. The maximum absolute atomic E-state index is 12.8. The highest BCUT2D eigenvalue weighted by Crippen LogP contribution is 2.39. The van der Waals surface area contributed by atoms with Gasteiger partial charge in [-0.1, -0.05) is 41.4 Å². The number of hydrogen-bond donors (Lipinski definition) is 1. The molecule has 4 aromatic rings. The lowest BCUT2D eigenvalue weighted by Crippen LogP contribution is -2.48. The van der Waals surface area contributed by atoms with Gasteiger partial charge in [-0.15, -0.1) is 0 Å². The third-order valence-electron chi connectivity index (χ3n) is 6.92. The summed E-state index contributed by atoms with van der Waals surface area (Å²) in [6.45, 7) is 5.71. The van der Waals surface area contributed by atoms with Gasteiger partial charge >= 0.3 is 0 Å². The Morgan fingerprint density at radius 2 is 1.82 bits per heavy atom. The number of ether oxygens (including phenoxy) is 1. The van der Waals surface area contributed by atoms with E-state index < -0.39 is 10.0 Å². The lowest BCUT2D eigenvalue weighted by molar-refractivity contribution is -0.129. The largest absolute Gasteiger partial charge is 0.494 e. The van der Waals surface area contributed by atoms with Crippen LogP contribution in [0, 0.1) is 0 Å². The zero-order chi connectivity index (χ0) is 28.6. The predicted octanol–water partition coefficient (Wildman–Crippen LogP) is 5.02. The normalized spacial score (nSPS) is 14.0. The minimum atomic E-state index is -3.56. The van der Waals surface area contributed by atoms with E-state index in [1.165, 1.54) is 10.2 Å². The number of halogens is 2. The van der Waals surface area contributed by atoms with E-state index in [0.717, 1.165) is 5.69 Å². The molecule has 1 aliphatic heterocycles. The number of benzene rings is 2. The molecule has 3 heterocycles. The van der Waals surface area contributed by atoms with Gasteiger partial charge in [0.25, 0.3) is 0 Å². The lowest BCUT2D eigenvalue weighted by Gasteiger charge is -2.36. The molecule has 1 saturated heterocycles. The smallest absolute Gasteiger partial charge is 0.238 e. The summed E-state index contributed by atoms with van der Waals surface area (Å²) in [6, 6.07) is 10.8. The van der Waals surface area contributed by atoms with Crippen molar-refractivity contribution in [3.05, 3.63) is 58.8 Å². The van der Waals surface area contributed by atoms with Crippen molar-refractivity contribution >= 4 is 67.4 Å². The van der Waals surface area contributed by atoms with Crippen LogP contribution in [0.5, 0.6) is 5.75 Å². The van der Waals surface area contributed by atoms with Crippen LogP contribution in [0.3, 0.4) is 0 Å². The van der Waals surface area contributed by atoms with Crippen molar-refractivity contribution in [3.8, 4) is 17.0 Å². The Hall–Kier alpha value is -3.54. The van der Waals surface area contributed by atoms with Crippen molar-refractivity contribution in [1.29, 1.82) is 0 Å². The van der Waals surface area contributed by atoms with Gasteiger partial charge in [-0.05, 0) is 19.1 Å². The molecule has 1 aliphatic rings. The summed E-state index contributed by atoms with van der Waals surface area (Å²) < 4.78 is 32.5. The van der Waals surface area contributed by atoms with Crippen LogP contribution in [0.1, 0.15) is 13.8 Å². The maximum Gasteiger partial charge on any atom is 0.238 e. The van der Waals surface area contributed by atoms with Crippen molar-refractivity contribution in [1.82, 2.24) is 18.8 Å². The van der Waals surface area contributed by atoms with E-state index in [1.807, 2.05) is 23.1 Å². The first-order valence-corrected chi connectivity index (χ1v) is 15.0. The topological polar surface area (TPSA) is 110 Å². The monoisotopic (exact) mass is 602 g/mol. The van der Waals surface area contributed by atoms with E-state index in [9.17, 15) is 13.2 Å². The molecule has 210 valence electrons. The number of hydrogen-bond acceptors (Lipinski definition) is 8. The van der Waals surface area contributed by atoms with Crippen molar-refractivity contribution in [2.45, 2.75) is 13.8 Å². The number of aromatic nitrogens is 3. The van der Waals surface area contributed by atoms with Gasteiger partial charge in [-0.25, -0.2) is 22.4 Å². The average molecular weight is 604 g/mol. The van der Waals surface area contributed by atoms with Crippen LogP contribution in [0.2, 0.25) is 10.0 Å². The minimum Gasteiger partial charge on any atom is -0.494 e. The van der Waals surface area contributed by atoms with Crippen LogP contribution in [-0.2, 0) is 14.8 Å². The first-order valence-electron chi connectivity index (χ1n) is 12.6. The Labute approximate surface area is 242 Å². The van der Waals surface area contributed by atoms with E-state index in [2.05, 4.69) is 20.2 Å². The van der Waals surface area contributed by atoms with E-state index in [0.29, 0.717) is 64.8 Å². The van der Waals surface area contributed by atoms with Crippen molar-refractivity contribution < 1.29 is 17.9 Å². The Bertz CT molecular complexity index is 1700. The molecule has 1 fully saturated rings. The van der Waals surface area contributed by atoms with E-state index >= 15 is 0 Å². The molecule has 2 aromatic carbocycles. The van der Waals surface area contributed by atoms with Gasteiger partial charge in [0.05, 0.1) is 51.7 Å². The van der Waals surface area contributed by atoms with Crippen LogP contribution < -0.4 is 15.0 Å². The van der Waals surface area contributed by atoms with Crippen LogP contribution in [0.15, 0.2) is 48.8 Å². The molecule has 0 saturated carbocycles. The minimum absolute atomic E-state index is 0.0572.